The van der Waals surface area contributed by atoms with E-state index in [-0.39, 0.29) is 221 Å². The molecule has 12 N–H and O–H groups in total. The Kier molecular flexibility index (Phi) is 65.5. The lowest BCUT2D eigenvalue weighted by Gasteiger charge is -2.34. The number of ether oxygens (including phenoxy) is 10. The van der Waals surface area contributed by atoms with Crippen molar-refractivity contribution in [1.29, 1.82) is 0 Å². The Morgan fingerprint density at radius 2 is 0.746 bits per heavy atom. The average molecular weight is 1790 g/mol. The third-order valence-corrected chi connectivity index (χ3v) is 19.8. The van der Waals surface area contributed by atoms with Crippen LogP contribution >= 0.6 is 0 Å². The largest absolute Gasteiger partial charge is 0.494 e. The fourth-order valence-electron chi connectivity index (χ4n) is 12.9. The first-order chi connectivity index (χ1) is 60.6. The monoisotopic (exact) mass is 1790 g/mol. The van der Waals surface area contributed by atoms with Crippen LogP contribution in [0, 0.1) is 0 Å². The predicted octanol–water partition coefficient (Wildman–Crippen LogP) is 8.57. The summed E-state index contributed by atoms with van der Waals surface area (Å²) in [5.74, 6) is -5.64. The lowest BCUT2D eigenvalue weighted by molar-refractivity contribution is -0.142. The topological polar surface area (TPSA) is 517 Å². The second kappa shape index (κ2) is 73.0. The van der Waals surface area contributed by atoms with Gasteiger partial charge in [0.25, 0.3) is 0 Å². The second-order valence-corrected chi connectivity index (χ2v) is 31.6. The minimum atomic E-state index is -1.22. The molecule has 0 bridgehead atoms. The van der Waals surface area contributed by atoms with Crippen LogP contribution in [0.1, 0.15) is 260 Å². The van der Waals surface area contributed by atoms with Crippen LogP contribution in [0.15, 0.2) is 48.5 Å². The van der Waals surface area contributed by atoms with Crippen molar-refractivity contribution >= 4 is 82.5 Å². The molecular weight excluding hydrogens is 1640 g/mol. The van der Waals surface area contributed by atoms with E-state index in [2.05, 4.69) is 37.2 Å². The molecule has 0 heterocycles. The number of ketones is 5. The number of benzene rings is 2. The molecule has 2 rings (SSSR count). The maximum atomic E-state index is 14.1. The number of carbonyl (C=O) groups is 14. The Hall–Kier alpha value is -8.98. The summed E-state index contributed by atoms with van der Waals surface area (Å²) in [6, 6.07) is 8.75. The molecule has 5 amide bonds. The van der Waals surface area contributed by atoms with Gasteiger partial charge in [-0.3, -0.25) is 48.5 Å². The van der Waals surface area contributed by atoms with Crippen molar-refractivity contribution in [3.63, 3.8) is 0 Å². The fraction of sp³-hybridized carbons (Fsp3) is 0.711. The number of Topliss-reactive ketones (excluding diaryl/α,β-unsaturated/α-hetero) is 5. The molecule has 714 valence electrons. The van der Waals surface area contributed by atoms with Crippen LogP contribution in [-0.2, 0) is 90.6 Å². The first kappa shape index (κ1) is 113. The van der Waals surface area contributed by atoms with Gasteiger partial charge in [0.05, 0.1) is 101 Å². The SMILES string of the molecule is CC(C)N[C@@H](CCCCNC(=O)OCCCOCCCC(=O)COCCOCCNC(=O)CC[C@H](NC(=O)CCCCCCCCCOc1ccc(C(=O)O)cc1)C(=O)O)C(=O)C(C)(C)N[C@@H](CCCCCC(=O)COCCOCCNC(=O)COCCOCCCC(=O)CC[C@H](NC(=O)CCCCCCCCCOc1ccc(C(=O)O)cc1)C(=O)O)C(=O)CO. The number of hydrogen-bond donors (Lipinski definition) is 12. The summed E-state index contributed by atoms with van der Waals surface area (Å²) in [5, 5.41) is 66.7. The van der Waals surface area contributed by atoms with Gasteiger partial charge in [-0.25, -0.2) is 24.0 Å². The van der Waals surface area contributed by atoms with Gasteiger partial charge in [-0.05, 0) is 146 Å². The van der Waals surface area contributed by atoms with Crippen LogP contribution < -0.4 is 46.7 Å². The molecule has 0 unspecified atom stereocenters. The van der Waals surface area contributed by atoms with Gasteiger partial charge in [0.1, 0.15) is 55.8 Å². The Morgan fingerprint density at radius 3 is 1.24 bits per heavy atom. The zero-order valence-electron chi connectivity index (χ0n) is 74.7. The molecule has 0 aliphatic carbocycles. The highest BCUT2D eigenvalue weighted by Gasteiger charge is 2.37. The van der Waals surface area contributed by atoms with Crippen LogP contribution in [0.3, 0.4) is 0 Å². The van der Waals surface area contributed by atoms with E-state index in [9.17, 15) is 82.4 Å². The number of aliphatic carboxylic acids is 2. The summed E-state index contributed by atoms with van der Waals surface area (Å²) in [4.78, 5) is 172. The smallest absolute Gasteiger partial charge is 0.407 e. The van der Waals surface area contributed by atoms with Crippen LogP contribution in [-0.4, -0.2) is 282 Å². The summed E-state index contributed by atoms with van der Waals surface area (Å²) < 4.78 is 54.8. The van der Waals surface area contributed by atoms with Crippen LogP contribution in [0.25, 0.3) is 0 Å². The first-order valence-electron chi connectivity index (χ1n) is 44.8. The van der Waals surface area contributed by atoms with E-state index in [1.54, 1.807) is 38.1 Å². The van der Waals surface area contributed by atoms with Gasteiger partial charge in [0.2, 0.25) is 23.6 Å². The van der Waals surface area contributed by atoms with E-state index in [0.29, 0.717) is 122 Å². The summed E-state index contributed by atoms with van der Waals surface area (Å²) >= 11 is 0. The third kappa shape index (κ3) is 61.4. The van der Waals surface area contributed by atoms with Crippen molar-refractivity contribution in [3.05, 3.63) is 59.7 Å². The Balaban J connectivity index is 1.42. The van der Waals surface area contributed by atoms with E-state index in [1.807, 2.05) is 13.8 Å². The molecule has 0 spiro atoms. The second-order valence-electron chi connectivity index (χ2n) is 31.6. The summed E-state index contributed by atoms with van der Waals surface area (Å²) in [5.41, 5.74) is -0.757. The van der Waals surface area contributed by atoms with Gasteiger partial charge in [0.15, 0.2) is 23.1 Å². The van der Waals surface area contributed by atoms with E-state index < -0.39 is 72.1 Å². The van der Waals surface area contributed by atoms with Crippen molar-refractivity contribution in [2.45, 2.75) is 275 Å². The molecule has 2 aromatic rings. The molecule has 0 aliphatic heterocycles. The molecule has 126 heavy (non-hydrogen) atoms. The number of nitrogens with one attached hydrogen (secondary N) is 7. The Bertz CT molecular complexity index is 3420. The highest BCUT2D eigenvalue weighted by atomic mass is 16.6. The lowest BCUT2D eigenvalue weighted by Crippen LogP contribution is -2.60. The summed E-state index contributed by atoms with van der Waals surface area (Å²) in [6.07, 6.45) is 17.6. The molecule has 0 saturated heterocycles. The van der Waals surface area contributed by atoms with Crippen molar-refractivity contribution in [3.8, 4) is 11.5 Å². The van der Waals surface area contributed by atoms with Gasteiger partial charge >= 0.3 is 30.0 Å². The maximum absolute atomic E-state index is 14.1. The van der Waals surface area contributed by atoms with Crippen LogP contribution in [0.5, 0.6) is 11.5 Å². The van der Waals surface area contributed by atoms with Crippen molar-refractivity contribution in [1.82, 2.24) is 37.2 Å². The van der Waals surface area contributed by atoms with Crippen molar-refractivity contribution in [2.24, 2.45) is 0 Å². The zero-order valence-corrected chi connectivity index (χ0v) is 74.7. The molecule has 0 saturated carbocycles. The number of carboxylic acids is 4. The number of aliphatic hydroxyl groups excluding tert-OH is 1. The molecular formula is C90H145N7O29. The first-order valence-corrected chi connectivity index (χ1v) is 44.8. The van der Waals surface area contributed by atoms with Crippen molar-refractivity contribution in [2.75, 3.05) is 139 Å². The minimum Gasteiger partial charge on any atom is -0.494 e. The Morgan fingerprint density at radius 1 is 0.341 bits per heavy atom. The normalized spacial score (nSPS) is 12.3. The number of alkyl carbamates (subject to hydrolysis) is 1. The number of rotatable bonds is 86. The summed E-state index contributed by atoms with van der Waals surface area (Å²) in [6.45, 7) is 10.3. The van der Waals surface area contributed by atoms with E-state index in [4.69, 9.17) is 57.6 Å². The highest BCUT2D eigenvalue weighted by molar-refractivity contribution is 5.94. The number of amides is 5. The lowest BCUT2D eigenvalue weighted by atomic mass is 9.88. The predicted molar refractivity (Wildman–Crippen MR) is 466 cm³/mol. The standard InChI is InChI=1S/C90H145N7O29/c1-67(2)94-76(31-20-21-46-93-89(116)126-54-26-51-117-49-25-29-72(101)65-122-61-58-119-55-47-91-80(103)45-44-78(88(114)115)96-82(105)33-19-12-8-6-10-14-23-53-125-74-41-36-69(37-42-74)86(110)111)84(107)90(3,4)97-75(79(102)63-98)30-17-15-16-27-71(100)64-121-60-59-120-56-48-92-83(106)66-123-62-57-118-50-24-28-70(99)38-43-77(87(112)113)95-81(104)32-18-11-7-5-9-13-22-52-124-73-39-34-68(35-40-73)85(108)109/h34-37,39-42,67,75-78,94,97-98H,5-33,38,43-66H2,1-4H3,(H,91,103)(H,92,106)(H,93,116)(H,95,104)(H,96,105)(H,108,109)(H,110,111)(H,112,113)(H,114,115)/t75-,76-,77-,78-/m0/s1. The molecule has 2 aromatic carbocycles. The summed E-state index contributed by atoms with van der Waals surface area (Å²) in [7, 11) is 0. The zero-order chi connectivity index (χ0) is 92.6. The molecule has 36 nitrogen and oxygen atoms in total. The molecule has 4 atom stereocenters. The number of aromatic carboxylic acids is 2. The number of hydrogen-bond acceptors (Lipinski definition) is 27. The highest BCUT2D eigenvalue weighted by Crippen LogP contribution is 2.20. The van der Waals surface area contributed by atoms with Gasteiger partial charge in [-0.15, -0.1) is 0 Å². The quantitative estimate of drug-likeness (QED) is 0.0276. The molecule has 0 aromatic heterocycles. The van der Waals surface area contributed by atoms with Crippen LogP contribution in [0.4, 0.5) is 4.79 Å². The number of aliphatic hydroxyl groups is 1. The van der Waals surface area contributed by atoms with Gasteiger partial charge < -0.3 is 105 Å². The molecule has 36 heteroatoms. The molecule has 0 aliphatic rings. The van der Waals surface area contributed by atoms with Gasteiger partial charge in [-0.2, -0.15) is 0 Å². The number of carbonyl (C=O) groups excluding carboxylic acids is 10. The minimum absolute atomic E-state index is 0.00514. The average Bonchev–Trinajstić information content (AvgIpc) is 0.827. The molecule has 0 fully saturated rings. The van der Waals surface area contributed by atoms with Crippen LogP contribution in [0.2, 0.25) is 0 Å². The Labute approximate surface area is 741 Å². The number of carboxylic acid groups (broad SMARTS) is 4. The van der Waals surface area contributed by atoms with Gasteiger partial charge in [0, 0.05) is 96.9 Å². The number of unbranched alkanes of at least 4 members (excludes halogenated alkanes) is 15. The van der Waals surface area contributed by atoms with Crippen molar-refractivity contribution < 1.29 is 140 Å². The van der Waals surface area contributed by atoms with E-state index in [0.717, 1.165) is 77.0 Å². The van der Waals surface area contributed by atoms with E-state index in [1.165, 1.54) is 24.3 Å². The maximum Gasteiger partial charge on any atom is 0.407 e. The molecule has 0 radical (unpaired) electrons. The third-order valence-electron chi connectivity index (χ3n) is 19.8. The fourth-order valence-corrected chi connectivity index (χ4v) is 12.9. The van der Waals surface area contributed by atoms with Gasteiger partial charge in [-0.1, -0.05) is 90.9 Å². The van der Waals surface area contributed by atoms with E-state index >= 15 is 0 Å².